The summed E-state index contributed by atoms with van der Waals surface area (Å²) in [5, 5.41) is 0. The Morgan fingerprint density at radius 3 is 2.33 bits per heavy atom. The SMILES string of the molecule is Cc1ccc(OCC2CCC(C3CCC(C)CC3)CC2)c2c1CC(C1=CC=CC1)=C2. The highest BCUT2D eigenvalue weighted by molar-refractivity contribution is 5.74. The van der Waals surface area contributed by atoms with Crippen molar-refractivity contribution in [1.29, 1.82) is 0 Å². The molecular formula is C29H38O. The van der Waals surface area contributed by atoms with Crippen LogP contribution in [0.3, 0.4) is 0 Å². The maximum atomic E-state index is 6.47. The van der Waals surface area contributed by atoms with E-state index in [2.05, 4.69) is 50.3 Å². The van der Waals surface area contributed by atoms with Gasteiger partial charge in [-0.2, -0.15) is 0 Å². The van der Waals surface area contributed by atoms with Crippen molar-refractivity contribution < 1.29 is 4.74 Å². The van der Waals surface area contributed by atoms with Crippen LogP contribution >= 0.6 is 0 Å². The van der Waals surface area contributed by atoms with Crippen LogP contribution in [0.25, 0.3) is 6.08 Å². The van der Waals surface area contributed by atoms with Crippen LogP contribution in [-0.4, -0.2) is 6.61 Å². The van der Waals surface area contributed by atoms with E-state index in [1.54, 1.807) is 0 Å². The Bertz CT molecular complexity index is 855. The van der Waals surface area contributed by atoms with Crippen molar-refractivity contribution in [3.63, 3.8) is 0 Å². The fraction of sp³-hybridized carbons (Fsp3) is 0.586. The van der Waals surface area contributed by atoms with E-state index in [1.807, 2.05) is 0 Å². The number of fused-ring (bicyclic) bond motifs is 1. The van der Waals surface area contributed by atoms with Gasteiger partial charge in [-0.25, -0.2) is 0 Å². The number of hydrogen-bond donors (Lipinski definition) is 0. The Labute approximate surface area is 183 Å². The lowest BCUT2D eigenvalue weighted by Crippen LogP contribution is -2.27. The van der Waals surface area contributed by atoms with Gasteiger partial charge in [0.05, 0.1) is 6.61 Å². The molecule has 0 radical (unpaired) electrons. The molecule has 30 heavy (non-hydrogen) atoms. The lowest BCUT2D eigenvalue weighted by molar-refractivity contribution is 0.126. The van der Waals surface area contributed by atoms with Crippen molar-refractivity contribution in [2.24, 2.45) is 23.7 Å². The lowest BCUT2D eigenvalue weighted by Gasteiger charge is -2.37. The van der Waals surface area contributed by atoms with Crippen molar-refractivity contribution in [3.8, 4) is 5.75 Å². The second kappa shape index (κ2) is 8.77. The molecule has 5 rings (SSSR count). The van der Waals surface area contributed by atoms with Crippen LogP contribution in [0.15, 0.2) is 41.5 Å². The van der Waals surface area contributed by atoms with Crippen LogP contribution < -0.4 is 4.74 Å². The highest BCUT2D eigenvalue weighted by Gasteiger charge is 2.30. The minimum absolute atomic E-state index is 0.743. The third kappa shape index (κ3) is 4.18. The minimum Gasteiger partial charge on any atom is -0.493 e. The molecule has 0 amide bonds. The van der Waals surface area contributed by atoms with Crippen molar-refractivity contribution in [2.45, 2.75) is 78.1 Å². The van der Waals surface area contributed by atoms with Gasteiger partial charge in [0.15, 0.2) is 0 Å². The largest absolute Gasteiger partial charge is 0.493 e. The second-order valence-electron chi connectivity index (χ2n) is 10.6. The van der Waals surface area contributed by atoms with Crippen molar-refractivity contribution in [2.75, 3.05) is 6.61 Å². The number of aryl methyl sites for hydroxylation is 1. The zero-order chi connectivity index (χ0) is 20.5. The van der Waals surface area contributed by atoms with E-state index >= 15 is 0 Å². The molecule has 160 valence electrons. The van der Waals surface area contributed by atoms with E-state index in [4.69, 9.17) is 4.74 Å². The summed E-state index contributed by atoms with van der Waals surface area (Å²) in [7, 11) is 0. The lowest BCUT2D eigenvalue weighted by atomic mass is 9.69. The van der Waals surface area contributed by atoms with Crippen LogP contribution in [0.4, 0.5) is 0 Å². The normalized spacial score (nSPS) is 30.7. The van der Waals surface area contributed by atoms with Crippen LogP contribution in [0, 0.1) is 30.6 Å². The number of benzene rings is 1. The summed E-state index contributed by atoms with van der Waals surface area (Å²) in [6.45, 7) is 5.58. The molecule has 0 N–H and O–H groups in total. The fourth-order valence-electron chi connectivity index (χ4n) is 6.37. The van der Waals surface area contributed by atoms with Crippen LogP contribution in [0.1, 0.15) is 81.4 Å². The molecule has 0 unspecified atom stereocenters. The molecule has 1 nitrogen and oxygen atoms in total. The smallest absolute Gasteiger partial charge is 0.126 e. The summed E-state index contributed by atoms with van der Waals surface area (Å²) >= 11 is 0. The standard InChI is InChI=1S/C29H38O/c1-20-7-12-24(13-8-20)25-14-10-22(11-15-25)19-30-29-16-9-21(2)27-17-26(18-28(27)29)23-5-3-4-6-23/h3-5,9,16,18,20,22,24-25H,6-8,10-15,17,19H2,1-2H3. The van der Waals surface area contributed by atoms with Crippen molar-refractivity contribution >= 4 is 6.08 Å². The predicted octanol–water partition coefficient (Wildman–Crippen LogP) is 7.83. The molecule has 0 spiro atoms. The first-order valence-corrected chi connectivity index (χ1v) is 12.5. The molecule has 2 saturated carbocycles. The molecule has 0 aromatic heterocycles. The van der Waals surface area contributed by atoms with E-state index in [9.17, 15) is 0 Å². The zero-order valence-corrected chi connectivity index (χ0v) is 19.0. The minimum atomic E-state index is 0.743. The van der Waals surface area contributed by atoms with Gasteiger partial charge in [-0.15, -0.1) is 0 Å². The molecule has 0 saturated heterocycles. The topological polar surface area (TPSA) is 9.23 Å². The molecule has 1 heteroatoms. The van der Waals surface area contributed by atoms with Crippen LogP contribution in [-0.2, 0) is 6.42 Å². The molecule has 0 heterocycles. The number of rotatable bonds is 5. The average Bonchev–Trinajstić information content (AvgIpc) is 3.45. The van der Waals surface area contributed by atoms with Gasteiger partial charge >= 0.3 is 0 Å². The number of ether oxygens (including phenoxy) is 1. The predicted molar refractivity (Wildman–Crippen MR) is 127 cm³/mol. The maximum Gasteiger partial charge on any atom is 0.126 e. The maximum absolute atomic E-state index is 6.47. The molecule has 4 aliphatic carbocycles. The van der Waals surface area contributed by atoms with Crippen LogP contribution in [0.5, 0.6) is 5.75 Å². The third-order valence-electron chi connectivity index (χ3n) is 8.51. The van der Waals surface area contributed by atoms with Gasteiger partial charge in [0, 0.05) is 5.56 Å². The first-order valence-electron chi connectivity index (χ1n) is 12.5. The Morgan fingerprint density at radius 2 is 1.63 bits per heavy atom. The molecule has 0 atom stereocenters. The van der Waals surface area contributed by atoms with Gasteiger partial charge in [0.1, 0.15) is 5.75 Å². The first-order chi connectivity index (χ1) is 14.7. The summed E-state index contributed by atoms with van der Waals surface area (Å²) in [5.41, 5.74) is 7.19. The van der Waals surface area contributed by atoms with E-state index in [0.29, 0.717) is 0 Å². The molecule has 1 aromatic rings. The molecule has 4 aliphatic rings. The van der Waals surface area contributed by atoms with Gasteiger partial charge in [0.25, 0.3) is 0 Å². The molecule has 1 aromatic carbocycles. The zero-order valence-electron chi connectivity index (χ0n) is 19.0. The second-order valence-corrected chi connectivity index (χ2v) is 10.6. The Kier molecular flexibility index (Phi) is 5.89. The Balaban J connectivity index is 1.18. The number of hydrogen-bond acceptors (Lipinski definition) is 1. The Hall–Kier alpha value is -1.76. The summed E-state index contributed by atoms with van der Waals surface area (Å²) in [5.74, 6) is 4.84. The van der Waals surface area contributed by atoms with Gasteiger partial charge in [0.2, 0.25) is 0 Å². The summed E-state index contributed by atoms with van der Waals surface area (Å²) in [4.78, 5) is 0. The van der Waals surface area contributed by atoms with E-state index in [0.717, 1.165) is 48.9 Å². The van der Waals surface area contributed by atoms with E-state index in [-0.39, 0.29) is 0 Å². The molecular weight excluding hydrogens is 364 g/mol. The third-order valence-corrected chi connectivity index (χ3v) is 8.51. The van der Waals surface area contributed by atoms with Crippen molar-refractivity contribution in [1.82, 2.24) is 0 Å². The van der Waals surface area contributed by atoms with Crippen molar-refractivity contribution in [3.05, 3.63) is 58.2 Å². The van der Waals surface area contributed by atoms with Crippen LogP contribution in [0.2, 0.25) is 0 Å². The highest BCUT2D eigenvalue weighted by Crippen LogP contribution is 2.42. The fourth-order valence-corrected chi connectivity index (χ4v) is 6.37. The average molecular weight is 403 g/mol. The van der Waals surface area contributed by atoms with Gasteiger partial charge < -0.3 is 4.74 Å². The van der Waals surface area contributed by atoms with E-state index < -0.39 is 0 Å². The van der Waals surface area contributed by atoms with Gasteiger partial charge in [-0.05, 0) is 116 Å². The molecule has 0 bridgehead atoms. The summed E-state index contributed by atoms with van der Waals surface area (Å²) < 4.78 is 6.47. The highest BCUT2D eigenvalue weighted by atomic mass is 16.5. The first kappa shape index (κ1) is 20.2. The summed E-state index contributed by atoms with van der Waals surface area (Å²) in [6, 6.07) is 4.47. The summed E-state index contributed by atoms with van der Waals surface area (Å²) in [6.07, 6.45) is 22.8. The van der Waals surface area contributed by atoms with E-state index in [1.165, 1.54) is 79.2 Å². The van der Waals surface area contributed by atoms with Gasteiger partial charge in [-0.1, -0.05) is 44.1 Å². The monoisotopic (exact) mass is 402 g/mol. The number of allylic oxidation sites excluding steroid dienone is 5. The molecule has 0 aliphatic heterocycles. The quantitative estimate of drug-likeness (QED) is 0.487. The van der Waals surface area contributed by atoms with Gasteiger partial charge in [-0.3, -0.25) is 0 Å². The molecule has 2 fully saturated rings. The Morgan fingerprint density at radius 1 is 0.900 bits per heavy atom.